The van der Waals surface area contributed by atoms with Crippen LogP contribution in [0.3, 0.4) is 0 Å². The monoisotopic (exact) mass is 442 g/mol. The zero-order valence-electron chi connectivity index (χ0n) is 20.4. The fourth-order valence-electron chi connectivity index (χ4n) is 4.70. The van der Waals surface area contributed by atoms with Gasteiger partial charge in [0.15, 0.2) is 5.82 Å². The zero-order chi connectivity index (χ0) is 22.9. The molecule has 0 spiro atoms. The minimum absolute atomic E-state index is 0.807. The first kappa shape index (κ1) is 23.5. The Morgan fingerprint density at radius 3 is 2.15 bits per heavy atom. The summed E-state index contributed by atoms with van der Waals surface area (Å²) >= 11 is 0. The van der Waals surface area contributed by atoms with Crippen molar-refractivity contribution in [3.63, 3.8) is 0 Å². The molecule has 174 valence electrons. The van der Waals surface area contributed by atoms with E-state index in [1.165, 1.54) is 79.2 Å². The Morgan fingerprint density at radius 1 is 0.727 bits per heavy atom. The first-order valence-corrected chi connectivity index (χ1v) is 13.0. The van der Waals surface area contributed by atoms with Crippen LogP contribution in [0.4, 0.5) is 0 Å². The van der Waals surface area contributed by atoms with Gasteiger partial charge >= 0.3 is 0 Å². The van der Waals surface area contributed by atoms with E-state index in [-0.39, 0.29) is 0 Å². The average Bonchev–Trinajstić information content (AvgIpc) is 3.21. The summed E-state index contributed by atoms with van der Waals surface area (Å²) in [5.41, 5.74) is 7.70. The second-order valence-corrected chi connectivity index (χ2v) is 9.36. The maximum atomic E-state index is 6.01. The molecule has 0 unspecified atom stereocenters. The number of aromatic nitrogens is 2. The van der Waals surface area contributed by atoms with Crippen LogP contribution >= 0.6 is 0 Å². The third-order valence-electron chi connectivity index (χ3n) is 6.65. The number of hydrogen-bond acceptors (Lipinski definition) is 3. The summed E-state index contributed by atoms with van der Waals surface area (Å²) in [6.45, 7) is 5.30. The Balaban J connectivity index is 1.36. The molecular weight excluding hydrogens is 404 g/mol. The van der Waals surface area contributed by atoms with Crippen LogP contribution in [0.2, 0.25) is 0 Å². The van der Waals surface area contributed by atoms with Gasteiger partial charge in [-0.1, -0.05) is 77.0 Å². The quantitative estimate of drug-likeness (QED) is 0.196. The van der Waals surface area contributed by atoms with Crippen LogP contribution in [-0.4, -0.2) is 16.6 Å². The van der Waals surface area contributed by atoms with Crippen LogP contribution in [0.25, 0.3) is 22.5 Å². The third-order valence-corrected chi connectivity index (χ3v) is 6.65. The molecule has 33 heavy (non-hydrogen) atoms. The molecule has 0 saturated heterocycles. The van der Waals surface area contributed by atoms with Crippen molar-refractivity contribution < 1.29 is 4.74 Å². The van der Waals surface area contributed by atoms with E-state index < -0.39 is 0 Å². The number of benzene rings is 2. The molecule has 1 aliphatic carbocycles. The summed E-state index contributed by atoms with van der Waals surface area (Å²) in [5.74, 6) is 1.81. The van der Waals surface area contributed by atoms with Crippen molar-refractivity contribution in [3.8, 4) is 28.3 Å². The molecule has 4 rings (SSSR count). The van der Waals surface area contributed by atoms with Crippen molar-refractivity contribution >= 4 is 0 Å². The average molecular weight is 443 g/mol. The van der Waals surface area contributed by atoms with Crippen molar-refractivity contribution in [1.29, 1.82) is 0 Å². The van der Waals surface area contributed by atoms with Gasteiger partial charge in [0, 0.05) is 18.0 Å². The van der Waals surface area contributed by atoms with Gasteiger partial charge in [0.2, 0.25) is 0 Å². The lowest BCUT2D eigenvalue weighted by molar-refractivity contribution is 0.305. The molecule has 0 bridgehead atoms. The topological polar surface area (TPSA) is 35.0 Å². The van der Waals surface area contributed by atoms with Crippen LogP contribution in [-0.2, 0) is 12.8 Å². The highest BCUT2D eigenvalue weighted by atomic mass is 16.5. The van der Waals surface area contributed by atoms with Gasteiger partial charge in [0.1, 0.15) is 5.75 Å². The maximum absolute atomic E-state index is 6.01. The Labute approximate surface area is 199 Å². The van der Waals surface area contributed by atoms with Gasteiger partial charge in [-0.3, -0.25) is 0 Å². The fourth-order valence-corrected chi connectivity index (χ4v) is 4.70. The van der Waals surface area contributed by atoms with E-state index in [1.54, 1.807) is 0 Å². The number of fused-ring (bicyclic) bond motifs is 3. The van der Waals surface area contributed by atoms with E-state index in [2.05, 4.69) is 60.2 Å². The molecule has 1 aliphatic rings. The molecule has 1 aromatic heterocycles. The van der Waals surface area contributed by atoms with Crippen molar-refractivity contribution in [3.05, 3.63) is 65.5 Å². The molecule has 0 atom stereocenters. The molecule has 0 aliphatic heterocycles. The van der Waals surface area contributed by atoms with E-state index >= 15 is 0 Å². The summed E-state index contributed by atoms with van der Waals surface area (Å²) in [7, 11) is 0. The van der Waals surface area contributed by atoms with E-state index in [9.17, 15) is 0 Å². The molecule has 0 saturated carbocycles. The standard InChI is InChI=1S/C30H38N2O/c1-3-5-7-9-10-12-23-21-31-30(32-22-23)24-13-15-28-25(18-24)19-26-20-27(14-16-29(26)28)33-17-11-8-6-4-2/h13-16,18,20-22H,3-12,17,19H2,1-2H3. The van der Waals surface area contributed by atoms with E-state index in [1.807, 2.05) is 12.4 Å². The van der Waals surface area contributed by atoms with Gasteiger partial charge in [-0.05, 0) is 71.7 Å². The summed E-state index contributed by atoms with van der Waals surface area (Å²) in [4.78, 5) is 9.35. The lowest BCUT2D eigenvalue weighted by Crippen LogP contribution is -1.97. The number of nitrogens with zero attached hydrogens (tertiary/aromatic N) is 2. The van der Waals surface area contributed by atoms with E-state index in [0.717, 1.165) is 43.0 Å². The first-order chi connectivity index (χ1) is 16.3. The molecular formula is C30H38N2O. The van der Waals surface area contributed by atoms with E-state index in [0.29, 0.717) is 0 Å². The second-order valence-electron chi connectivity index (χ2n) is 9.36. The van der Waals surface area contributed by atoms with Gasteiger partial charge in [-0.25, -0.2) is 9.97 Å². The molecule has 0 N–H and O–H groups in total. The van der Waals surface area contributed by atoms with Gasteiger partial charge in [-0.15, -0.1) is 0 Å². The molecule has 0 fully saturated rings. The fraction of sp³-hybridized carbons (Fsp3) is 0.467. The number of ether oxygens (including phenoxy) is 1. The van der Waals surface area contributed by atoms with Crippen LogP contribution in [0, 0.1) is 0 Å². The van der Waals surface area contributed by atoms with Crippen molar-refractivity contribution in [1.82, 2.24) is 9.97 Å². The van der Waals surface area contributed by atoms with Crippen molar-refractivity contribution in [2.24, 2.45) is 0 Å². The first-order valence-electron chi connectivity index (χ1n) is 13.0. The number of rotatable bonds is 13. The van der Waals surface area contributed by atoms with Crippen molar-refractivity contribution in [2.75, 3.05) is 6.61 Å². The second kappa shape index (κ2) is 12.0. The normalized spacial score (nSPS) is 11.9. The Morgan fingerprint density at radius 2 is 1.39 bits per heavy atom. The lowest BCUT2D eigenvalue weighted by Gasteiger charge is -2.08. The smallest absolute Gasteiger partial charge is 0.159 e. The van der Waals surface area contributed by atoms with Gasteiger partial charge < -0.3 is 4.74 Å². The predicted octanol–water partition coefficient (Wildman–Crippen LogP) is 8.19. The minimum Gasteiger partial charge on any atom is -0.494 e. The van der Waals surface area contributed by atoms with Gasteiger partial charge in [0.05, 0.1) is 6.61 Å². The SMILES string of the molecule is CCCCCCCc1cnc(-c2ccc3c(c2)Cc2cc(OCCCCCC)ccc2-3)nc1. The van der Waals surface area contributed by atoms with Gasteiger partial charge in [0.25, 0.3) is 0 Å². The predicted molar refractivity (Wildman–Crippen MR) is 138 cm³/mol. The van der Waals surface area contributed by atoms with Crippen LogP contribution in [0.5, 0.6) is 5.75 Å². The largest absolute Gasteiger partial charge is 0.494 e. The summed E-state index contributed by atoms with van der Waals surface area (Å²) < 4.78 is 6.01. The molecule has 0 radical (unpaired) electrons. The number of unbranched alkanes of at least 4 members (excludes halogenated alkanes) is 7. The lowest BCUT2D eigenvalue weighted by atomic mass is 10.0. The van der Waals surface area contributed by atoms with E-state index in [4.69, 9.17) is 4.74 Å². The molecule has 3 aromatic rings. The van der Waals surface area contributed by atoms with Crippen LogP contribution in [0.15, 0.2) is 48.8 Å². The van der Waals surface area contributed by atoms with Crippen molar-refractivity contribution in [2.45, 2.75) is 84.5 Å². The summed E-state index contributed by atoms with van der Waals surface area (Å²) in [6, 6.07) is 13.2. The Kier molecular flexibility index (Phi) is 8.52. The number of hydrogen-bond donors (Lipinski definition) is 0. The molecule has 1 heterocycles. The molecule has 0 amide bonds. The Bertz CT molecular complexity index is 1030. The van der Waals surface area contributed by atoms with Crippen LogP contribution in [0.1, 0.15) is 88.3 Å². The highest BCUT2D eigenvalue weighted by Crippen LogP contribution is 2.39. The van der Waals surface area contributed by atoms with Crippen LogP contribution < -0.4 is 4.74 Å². The third kappa shape index (κ3) is 6.22. The molecule has 3 nitrogen and oxygen atoms in total. The molecule has 3 heteroatoms. The van der Waals surface area contributed by atoms with Gasteiger partial charge in [-0.2, -0.15) is 0 Å². The highest BCUT2D eigenvalue weighted by molar-refractivity contribution is 5.79. The zero-order valence-corrected chi connectivity index (χ0v) is 20.4. The summed E-state index contributed by atoms with van der Waals surface area (Å²) in [6.07, 6.45) is 17.4. The molecule has 2 aromatic carbocycles. The number of aryl methyl sites for hydroxylation is 1. The maximum Gasteiger partial charge on any atom is 0.159 e. The minimum atomic E-state index is 0.807. The Hall–Kier alpha value is -2.68. The summed E-state index contributed by atoms with van der Waals surface area (Å²) in [5, 5.41) is 0. The highest BCUT2D eigenvalue weighted by Gasteiger charge is 2.20.